The molecule has 2 saturated heterocycles. The summed E-state index contributed by atoms with van der Waals surface area (Å²) in [6, 6.07) is 19.6. The summed E-state index contributed by atoms with van der Waals surface area (Å²) in [6.07, 6.45) is 2.42. The van der Waals surface area contributed by atoms with Crippen molar-refractivity contribution in [3.05, 3.63) is 76.3 Å². The SMILES string of the molecule is Cc1ccc(CC2SC(=C(C#N)C(=O)N3CCC(C)CC3)N(c3ccccc3)C2=O)cc1. The van der Waals surface area contributed by atoms with Gasteiger partial charge in [-0.25, -0.2) is 0 Å². The van der Waals surface area contributed by atoms with E-state index in [-0.39, 0.29) is 22.6 Å². The molecule has 5 nitrogen and oxygen atoms in total. The molecule has 164 valence electrons. The van der Waals surface area contributed by atoms with Gasteiger partial charge in [-0.05, 0) is 49.8 Å². The van der Waals surface area contributed by atoms with Crippen LogP contribution in [0.1, 0.15) is 30.9 Å². The van der Waals surface area contributed by atoms with Crippen LogP contribution < -0.4 is 4.90 Å². The molecule has 0 bridgehead atoms. The molecule has 2 aliphatic rings. The highest BCUT2D eigenvalue weighted by Crippen LogP contribution is 2.42. The van der Waals surface area contributed by atoms with E-state index in [0.717, 1.165) is 18.4 Å². The van der Waals surface area contributed by atoms with E-state index in [0.29, 0.717) is 36.1 Å². The largest absolute Gasteiger partial charge is 0.338 e. The van der Waals surface area contributed by atoms with E-state index in [1.165, 1.54) is 17.3 Å². The Hall–Kier alpha value is -3.04. The number of benzene rings is 2. The maximum Gasteiger partial charge on any atom is 0.267 e. The Bertz CT molecular complexity index is 1060. The number of anilines is 1. The molecule has 2 aromatic carbocycles. The van der Waals surface area contributed by atoms with Gasteiger partial charge in [-0.15, -0.1) is 0 Å². The van der Waals surface area contributed by atoms with Crippen LogP contribution >= 0.6 is 11.8 Å². The maximum absolute atomic E-state index is 13.5. The molecule has 32 heavy (non-hydrogen) atoms. The van der Waals surface area contributed by atoms with E-state index in [4.69, 9.17) is 0 Å². The quantitative estimate of drug-likeness (QED) is 0.506. The molecule has 0 aliphatic carbocycles. The van der Waals surface area contributed by atoms with Crippen molar-refractivity contribution in [2.45, 2.75) is 38.4 Å². The topological polar surface area (TPSA) is 64.4 Å². The monoisotopic (exact) mass is 445 g/mol. The van der Waals surface area contributed by atoms with Gasteiger partial charge in [0.15, 0.2) is 0 Å². The summed E-state index contributed by atoms with van der Waals surface area (Å²) in [7, 11) is 0. The van der Waals surface area contributed by atoms with Crippen LogP contribution in [-0.4, -0.2) is 35.1 Å². The average Bonchev–Trinajstić information content (AvgIpc) is 3.12. The lowest BCUT2D eigenvalue weighted by atomic mass is 9.99. The Morgan fingerprint density at radius 2 is 1.75 bits per heavy atom. The summed E-state index contributed by atoms with van der Waals surface area (Å²) < 4.78 is 0. The maximum atomic E-state index is 13.5. The number of hydrogen-bond acceptors (Lipinski definition) is 4. The van der Waals surface area contributed by atoms with Gasteiger partial charge in [-0.3, -0.25) is 14.5 Å². The second kappa shape index (κ2) is 9.62. The molecule has 1 unspecified atom stereocenters. The molecule has 6 heteroatoms. The smallest absolute Gasteiger partial charge is 0.267 e. The van der Waals surface area contributed by atoms with Crippen LogP contribution in [0, 0.1) is 24.2 Å². The number of rotatable bonds is 4. The van der Waals surface area contributed by atoms with Crippen LogP contribution in [0.15, 0.2) is 65.2 Å². The van der Waals surface area contributed by atoms with Crippen LogP contribution in [-0.2, 0) is 16.0 Å². The van der Waals surface area contributed by atoms with Crippen molar-refractivity contribution in [3.63, 3.8) is 0 Å². The molecule has 2 amide bonds. The van der Waals surface area contributed by atoms with Gasteiger partial charge in [0.1, 0.15) is 16.7 Å². The number of carbonyl (C=O) groups is 2. The van der Waals surface area contributed by atoms with Gasteiger partial charge in [0.2, 0.25) is 5.91 Å². The highest BCUT2D eigenvalue weighted by atomic mass is 32.2. The average molecular weight is 446 g/mol. The van der Waals surface area contributed by atoms with Gasteiger partial charge < -0.3 is 4.90 Å². The molecule has 0 aromatic heterocycles. The third kappa shape index (κ3) is 4.58. The Morgan fingerprint density at radius 3 is 2.38 bits per heavy atom. The minimum absolute atomic E-state index is 0.0631. The fourth-order valence-corrected chi connectivity index (χ4v) is 5.40. The van der Waals surface area contributed by atoms with Gasteiger partial charge in [0.05, 0.1) is 5.25 Å². The lowest BCUT2D eigenvalue weighted by Crippen LogP contribution is -2.39. The van der Waals surface area contributed by atoms with Crippen LogP contribution in [0.3, 0.4) is 0 Å². The van der Waals surface area contributed by atoms with Crippen molar-refractivity contribution < 1.29 is 9.59 Å². The number of aryl methyl sites for hydroxylation is 1. The Balaban J connectivity index is 1.69. The second-order valence-corrected chi connectivity index (χ2v) is 9.76. The van der Waals surface area contributed by atoms with Crippen molar-refractivity contribution in [2.75, 3.05) is 18.0 Å². The molecule has 0 spiro atoms. The lowest BCUT2D eigenvalue weighted by Gasteiger charge is -2.30. The van der Waals surface area contributed by atoms with Gasteiger partial charge >= 0.3 is 0 Å². The van der Waals surface area contributed by atoms with E-state index >= 15 is 0 Å². The number of piperidine rings is 1. The van der Waals surface area contributed by atoms with Gasteiger partial charge in [0.25, 0.3) is 5.91 Å². The summed E-state index contributed by atoms with van der Waals surface area (Å²) in [4.78, 5) is 30.1. The van der Waals surface area contributed by atoms with Crippen molar-refractivity contribution in [1.82, 2.24) is 4.90 Å². The summed E-state index contributed by atoms with van der Waals surface area (Å²) in [5.41, 5.74) is 2.97. The summed E-state index contributed by atoms with van der Waals surface area (Å²) in [5.74, 6) is 0.218. The first-order valence-corrected chi connectivity index (χ1v) is 11.9. The summed E-state index contributed by atoms with van der Waals surface area (Å²) in [5, 5.41) is 10.1. The molecule has 2 heterocycles. The zero-order valence-electron chi connectivity index (χ0n) is 18.5. The van der Waals surface area contributed by atoms with Crippen LogP contribution in [0.25, 0.3) is 0 Å². The van der Waals surface area contributed by atoms with E-state index in [2.05, 4.69) is 13.0 Å². The van der Waals surface area contributed by atoms with Crippen LogP contribution in [0.2, 0.25) is 0 Å². The lowest BCUT2D eigenvalue weighted by molar-refractivity contribution is -0.128. The molecule has 2 fully saturated rings. The van der Waals surface area contributed by atoms with Crippen LogP contribution in [0.5, 0.6) is 0 Å². The Morgan fingerprint density at radius 1 is 1.09 bits per heavy atom. The van der Waals surface area contributed by atoms with Crippen molar-refractivity contribution >= 4 is 29.3 Å². The van der Waals surface area contributed by atoms with Gasteiger partial charge in [-0.2, -0.15) is 5.26 Å². The van der Waals surface area contributed by atoms with Gasteiger partial charge in [0, 0.05) is 18.8 Å². The molecule has 0 N–H and O–H groups in total. The first kappa shape index (κ1) is 22.2. The molecule has 0 saturated carbocycles. The number of carbonyl (C=O) groups excluding carboxylic acids is 2. The number of thioether (sulfide) groups is 1. The van der Waals surface area contributed by atoms with E-state index in [1.54, 1.807) is 9.80 Å². The normalized spacial score (nSPS) is 20.9. The minimum Gasteiger partial charge on any atom is -0.338 e. The van der Waals surface area contributed by atoms with Gasteiger partial charge in [-0.1, -0.05) is 66.7 Å². The fraction of sp³-hybridized carbons (Fsp3) is 0.346. The van der Waals surface area contributed by atoms with Crippen LogP contribution in [0.4, 0.5) is 5.69 Å². The van der Waals surface area contributed by atoms with Crippen molar-refractivity contribution in [1.29, 1.82) is 5.26 Å². The standard InChI is InChI=1S/C26H27N3O2S/c1-18-8-10-20(11-9-18)16-23-25(31)29(21-6-4-3-5-7-21)26(32-23)22(17-27)24(30)28-14-12-19(2)13-15-28/h3-11,19,23H,12-16H2,1-2H3. The number of likely N-dealkylation sites (tertiary alicyclic amines) is 1. The second-order valence-electron chi connectivity index (χ2n) is 8.57. The first-order chi connectivity index (χ1) is 15.5. The summed E-state index contributed by atoms with van der Waals surface area (Å²) in [6.45, 7) is 5.51. The first-order valence-electron chi connectivity index (χ1n) is 11.0. The minimum atomic E-state index is -0.384. The predicted octanol–water partition coefficient (Wildman–Crippen LogP) is 4.68. The van der Waals surface area contributed by atoms with E-state index in [9.17, 15) is 14.9 Å². The number of nitriles is 1. The third-order valence-electron chi connectivity index (χ3n) is 6.12. The van der Waals surface area contributed by atoms with E-state index in [1.807, 2.05) is 61.5 Å². The zero-order chi connectivity index (χ0) is 22.7. The zero-order valence-corrected chi connectivity index (χ0v) is 19.3. The molecule has 1 atom stereocenters. The molecule has 4 rings (SSSR count). The fourth-order valence-electron chi connectivity index (χ4n) is 4.10. The molecular weight excluding hydrogens is 418 g/mol. The molecule has 2 aromatic rings. The van der Waals surface area contributed by atoms with E-state index < -0.39 is 0 Å². The predicted molar refractivity (Wildman–Crippen MR) is 128 cm³/mol. The highest BCUT2D eigenvalue weighted by molar-refractivity contribution is 8.05. The number of nitrogens with zero attached hydrogens (tertiary/aromatic N) is 3. The molecular formula is C26H27N3O2S. The summed E-state index contributed by atoms with van der Waals surface area (Å²) >= 11 is 1.33. The highest BCUT2D eigenvalue weighted by Gasteiger charge is 2.41. The van der Waals surface area contributed by atoms with Crippen molar-refractivity contribution in [2.24, 2.45) is 5.92 Å². The number of para-hydroxylation sites is 1. The number of hydrogen-bond donors (Lipinski definition) is 0. The Kier molecular flexibility index (Phi) is 6.66. The van der Waals surface area contributed by atoms with Crippen molar-refractivity contribution in [3.8, 4) is 6.07 Å². The Labute approximate surface area is 193 Å². The number of amides is 2. The molecule has 0 radical (unpaired) electrons. The molecule has 2 aliphatic heterocycles. The third-order valence-corrected chi connectivity index (χ3v) is 7.38.